The third kappa shape index (κ3) is 26.6. The average Bonchev–Trinajstić information content (AvgIpc) is 3.02. The molecule has 0 saturated heterocycles. The molecule has 0 amide bonds. The van der Waals surface area contributed by atoms with Gasteiger partial charge in [-0.1, -0.05) is 77.3 Å². The Balaban J connectivity index is -0.00000176. The average molecular weight is 890 g/mol. The molecule has 1 aliphatic heterocycles. The number of hydrogen-bond acceptors (Lipinski definition) is 15. The molecule has 314 valence electrons. The fourth-order valence-electron chi connectivity index (χ4n) is 4.39. The number of nitriles is 1. The van der Waals surface area contributed by atoms with Crippen LogP contribution in [0.2, 0.25) is 0 Å². The minimum absolute atomic E-state index is 0. The van der Waals surface area contributed by atoms with Crippen LogP contribution >= 0.6 is 0 Å². The van der Waals surface area contributed by atoms with Crippen LogP contribution < -0.4 is 34.0 Å². The Hall–Kier alpha value is -3.26. The fraction of sp³-hybridized carbons (Fsp3) is 0.526. The summed E-state index contributed by atoms with van der Waals surface area (Å²) in [6.45, 7) is 20.4. The van der Waals surface area contributed by atoms with Crippen molar-refractivity contribution in [2.75, 3.05) is 66.5 Å². The second-order valence-corrected chi connectivity index (χ2v) is 15.1. The van der Waals surface area contributed by atoms with Crippen LogP contribution in [0.5, 0.6) is 11.5 Å². The summed E-state index contributed by atoms with van der Waals surface area (Å²) in [5.74, 6) is -1.18. The minimum atomic E-state index is -4.94. The summed E-state index contributed by atoms with van der Waals surface area (Å²) in [5, 5.41) is 42.6. The molecule has 2 aromatic rings. The van der Waals surface area contributed by atoms with E-state index in [9.17, 15) is 10.2 Å². The first-order valence-corrected chi connectivity index (χ1v) is 18.3. The van der Waals surface area contributed by atoms with Gasteiger partial charge in [0.05, 0.1) is 32.2 Å². The SMILES string of the molecule is CC#N.CC(=O)[O-].CN1CCN=Cc2cc(C(C)(C)C)cc(c2[O-])C=NCCN(C)CCN=Cc2cc(C(C)(C)C)cc(c2[O-])C=NCC1.[Co+2].[Co+2].[O-][Cl+3]([O-])([O-])[O-]. The largest absolute Gasteiger partial charge is 2.00 e. The van der Waals surface area contributed by atoms with Crippen molar-refractivity contribution < 1.29 is 82.6 Å². The van der Waals surface area contributed by atoms with Gasteiger partial charge in [0.25, 0.3) is 0 Å². The smallest absolute Gasteiger partial charge is 0.872 e. The van der Waals surface area contributed by atoms with Gasteiger partial charge in [-0.25, -0.2) is 18.6 Å². The maximum Gasteiger partial charge on any atom is 2.00 e. The Morgan fingerprint density at radius 1 is 0.643 bits per heavy atom. The van der Waals surface area contributed by atoms with Crippen LogP contribution in [0.3, 0.4) is 0 Å². The molecule has 3 rings (SSSR count). The number of carboxylic acids is 1. The van der Waals surface area contributed by atoms with E-state index < -0.39 is 16.2 Å². The number of rotatable bonds is 0. The van der Waals surface area contributed by atoms with Crippen molar-refractivity contribution in [3.05, 3.63) is 57.6 Å². The zero-order valence-corrected chi connectivity index (χ0v) is 36.6. The monoisotopic (exact) mass is 889 g/mol. The normalized spacial score (nSPS) is 14.7. The minimum Gasteiger partial charge on any atom is -0.872 e. The molecule has 0 atom stereocenters. The van der Waals surface area contributed by atoms with Crippen molar-refractivity contribution in [2.24, 2.45) is 20.0 Å². The first-order valence-electron chi connectivity index (χ1n) is 17.1. The molecule has 0 spiro atoms. The molecule has 0 unspecified atom stereocenters. The molecule has 0 aliphatic carbocycles. The van der Waals surface area contributed by atoms with E-state index >= 15 is 0 Å². The van der Waals surface area contributed by atoms with Crippen molar-refractivity contribution >= 4 is 30.8 Å². The summed E-state index contributed by atoms with van der Waals surface area (Å²) in [4.78, 5) is 31.5. The van der Waals surface area contributed by atoms with Gasteiger partial charge in [0.2, 0.25) is 0 Å². The number of benzene rings is 2. The van der Waals surface area contributed by atoms with Crippen molar-refractivity contribution in [1.82, 2.24) is 9.80 Å². The molecule has 0 fully saturated rings. The summed E-state index contributed by atoms with van der Waals surface area (Å²) in [7, 11) is -0.901. The number of halogens is 1. The van der Waals surface area contributed by atoms with Gasteiger partial charge in [-0.2, -0.15) is 5.26 Å². The molecule has 0 N–H and O–H groups in total. The van der Waals surface area contributed by atoms with E-state index in [1.165, 1.54) is 6.92 Å². The van der Waals surface area contributed by atoms with Crippen molar-refractivity contribution in [3.63, 3.8) is 0 Å². The third-order valence-corrected chi connectivity index (χ3v) is 7.39. The molecule has 1 aliphatic rings. The van der Waals surface area contributed by atoms with Gasteiger partial charge in [-0.3, -0.25) is 20.0 Å². The number of aliphatic carboxylic acids is 1. The molecular formula is C38H54ClCo2N7O8. The van der Waals surface area contributed by atoms with Gasteiger partial charge < -0.3 is 29.9 Å². The van der Waals surface area contributed by atoms with Crippen LogP contribution in [0.25, 0.3) is 0 Å². The Labute approximate surface area is 354 Å². The van der Waals surface area contributed by atoms with Crippen LogP contribution in [-0.2, 0) is 49.2 Å². The number of carboxylic acid groups (broad SMARTS) is 1. The van der Waals surface area contributed by atoms with Crippen LogP contribution in [0, 0.1) is 21.6 Å². The number of fused-ring (bicyclic) bond motifs is 4. The summed E-state index contributed by atoms with van der Waals surface area (Å²) < 4.78 is 34.0. The Bertz CT molecular complexity index is 1440. The maximum atomic E-state index is 13.2. The first kappa shape index (κ1) is 57.1. The predicted octanol–water partition coefficient (Wildman–Crippen LogP) is -1.79. The first-order chi connectivity index (χ1) is 24.9. The van der Waals surface area contributed by atoms with Gasteiger partial charge in [-0.15, -0.1) is 10.2 Å². The van der Waals surface area contributed by atoms with E-state index in [1.54, 1.807) is 30.9 Å². The van der Waals surface area contributed by atoms with Crippen molar-refractivity contribution in [2.45, 2.75) is 66.2 Å². The van der Waals surface area contributed by atoms with E-state index in [-0.39, 0.29) is 55.9 Å². The molecule has 4 bridgehead atoms. The molecule has 56 heavy (non-hydrogen) atoms. The van der Waals surface area contributed by atoms with Crippen LogP contribution in [0.4, 0.5) is 0 Å². The number of likely N-dealkylation sites (N-methyl/N-ethyl adjacent to an activating group) is 2. The zero-order valence-electron chi connectivity index (χ0n) is 33.7. The Kier molecular flexibility index (Phi) is 28.7. The second-order valence-electron chi connectivity index (χ2n) is 14.3. The molecule has 18 heteroatoms. The van der Waals surface area contributed by atoms with E-state index in [2.05, 4.69) is 71.3 Å². The van der Waals surface area contributed by atoms with Crippen LogP contribution in [0.15, 0.2) is 44.2 Å². The molecule has 0 saturated carbocycles. The fourth-order valence-corrected chi connectivity index (χ4v) is 4.39. The maximum absolute atomic E-state index is 13.2. The number of carbonyl (C=O) groups excluding carboxylic acids is 1. The van der Waals surface area contributed by atoms with Gasteiger partial charge in [0.1, 0.15) is 0 Å². The number of carbonyl (C=O) groups is 1. The molecule has 2 aromatic carbocycles. The van der Waals surface area contributed by atoms with E-state index in [0.29, 0.717) is 48.4 Å². The standard InChI is InChI=1S/C34H50N6O2.C2H3N.C2H4O2.ClHO4.2Co/c1-33(2,3)29-17-25-21-35-9-13-39(7)15-11-37-23-27-19-30(34(4,5)6)20-28(32(27)42)24-38-12-16-40(8)14-10-36-22-26(18-29)31(25)41;1-2-3;1-2(3)4;2-1(3,4)5;;/h17-24,41-42H,9-16H2,1-8H3;1H3;1H3,(H,3,4);(H,2,3,4,5);;/q;;;;2*+2/p-4. The molecule has 0 aromatic heterocycles. The van der Waals surface area contributed by atoms with Gasteiger partial charge in [0.15, 0.2) is 0 Å². The van der Waals surface area contributed by atoms with E-state index in [1.807, 2.05) is 38.4 Å². The van der Waals surface area contributed by atoms with E-state index in [4.69, 9.17) is 33.8 Å². The van der Waals surface area contributed by atoms with Crippen molar-refractivity contribution in [1.29, 1.82) is 5.26 Å². The number of hydrogen-bond donors (Lipinski definition) is 0. The number of aliphatic imine (C=N–C) groups is 4. The van der Waals surface area contributed by atoms with Crippen molar-refractivity contribution in [3.8, 4) is 17.6 Å². The number of nitrogens with zero attached hydrogens (tertiary/aromatic N) is 7. The molecule has 15 nitrogen and oxygen atoms in total. The van der Waals surface area contributed by atoms with Crippen LogP contribution in [-0.4, -0.2) is 107 Å². The molecular weight excluding hydrogens is 836 g/mol. The van der Waals surface area contributed by atoms with Crippen LogP contribution in [0.1, 0.15) is 88.8 Å². The van der Waals surface area contributed by atoms with Gasteiger partial charge in [-0.05, 0) is 65.2 Å². The van der Waals surface area contributed by atoms with E-state index in [0.717, 1.165) is 44.2 Å². The Morgan fingerprint density at radius 2 is 0.821 bits per heavy atom. The molecule has 2 radical (unpaired) electrons. The predicted molar refractivity (Wildman–Crippen MR) is 196 cm³/mol. The molecule has 1 heterocycles. The summed E-state index contributed by atoms with van der Waals surface area (Å²) in [6, 6.07) is 9.54. The zero-order chi connectivity index (χ0) is 41.7. The summed E-state index contributed by atoms with van der Waals surface area (Å²) in [5.41, 5.74) is 4.30. The van der Waals surface area contributed by atoms with Gasteiger partial charge in [0, 0.05) is 63.9 Å². The Morgan fingerprint density at radius 3 is 0.982 bits per heavy atom. The third-order valence-electron chi connectivity index (χ3n) is 7.39. The quantitative estimate of drug-likeness (QED) is 0.285. The topological polar surface area (TPSA) is 258 Å². The summed E-state index contributed by atoms with van der Waals surface area (Å²) in [6.07, 6.45) is 6.79. The summed E-state index contributed by atoms with van der Waals surface area (Å²) >= 11 is 0. The van der Waals surface area contributed by atoms with Gasteiger partial charge >= 0.3 is 33.6 Å². The second kappa shape index (κ2) is 28.2.